The predicted molar refractivity (Wildman–Crippen MR) is 103 cm³/mol. The molecular weight excluding hydrogens is 368 g/mol. The first-order valence-corrected chi connectivity index (χ1v) is 10.1. The number of methoxy groups -OCH3 is 2. The zero-order valence-electron chi connectivity index (χ0n) is 15.5. The molecule has 0 aromatic heterocycles. The van der Waals surface area contributed by atoms with Crippen molar-refractivity contribution in [1.82, 2.24) is 4.90 Å². The van der Waals surface area contributed by atoms with Gasteiger partial charge < -0.3 is 14.2 Å². The molecule has 8 heteroatoms. The highest BCUT2D eigenvalue weighted by atomic mass is 32.2. The fraction of sp³-hybridized carbons (Fsp3) is 0.368. The number of nitrogens with zero attached hydrogens (tertiary/aromatic N) is 1. The van der Waals surface area contributed by atoms with Crippen molar-refractivity contribution in [2.75, 3.05) is 45.2 Å². The Balaban J connectivity index is 1.74. The molecule has 0 unspecified atom stereocenters. The van der Waals surface area contributed by atoms with E-state index in [1.165, 1.54) is 20.3 Å². The number of morpholine rings is 1. The van der Waals surface area contributed by atoms with Crippen LogP contribution in [-0.4, -0.2) is 53.8 Å². The van der Waals surface area contributed by atoms with Gasteiger partial charge in [-0.3, -0.25) is 9.62 Å². The Bertz CT molecular complexity index is 862. The fourth-order valence-electron chi connectivity index (χ4n) is 2.90. The molecule has 0 aliphatic carbocycles. The van der Waals surface area contributed by atoms with Gasteiger partial charge in [0.1, 0.15) is 16.4 Å². The quantitative estimate of drug-likeness (QED) is 0.779. The van der Waals surface area contributed by atoms with E-state index >= 15 is 0 Å². The number of nitrogens with one attached hydrogen (secondary N) is 1. The molecule has 1 fully saturated rings. The number of hydrogen-bond donors (Lipinski definition) is 1. The summed E-state index contributed by atoms with van der Waals surface area (Å²) in [7, 11) is -0.894. The maximum Gasteiger partial charge on any atom is 0.265 e. The highest BCUT2D eigenvalue weighted by Crippen LogP contribution is 2.29. The normalized spacial score (nSPS) is 15.3. The van der Waals surface area contributed by atoms with Gasteiger partial charge in [-0.2, -0.15) is 0 Å². The number of ether oxygens (including phenoxy) is 3. The van der Waals surface area contributed by atoms with Crippen molar-refractivity contribution in [3.63, 3.8) is 0 Å². The van der Waals surface area contributed by atoms with Crippen LogP contribution in [-0.2, 0) is 21.3 Å². The number of hydrogen-bond acceptors (Lipinski definition) is 6. The van der Waals surface area contributed by atoms with E-state index in [4.69, 9.17) is 14.2 Å². The number of benzene rings is 2. The van der Waals surface area contributed by atoms with Gasteiger partial charge >= 0.3 is 0 Å². The van der Waals surface area contributed by atoms with Crippen LogP contribution in [0, 0.1) is 0 Å². The monoisotopic (exact) mass is 392 g/mol. The van der Waals surface area contributed by atoms with Gasteiger partial charge in [0.2, 0.25) is 0 Å². The number of rotatable bonds is 7. The molecule has 27 heavy (non-hydrogen) atoms. The molecule has 0 bridgehead atoms. The first-order chi connectivity index (χ1) is 13.0. The third-order valence-corrected chi connectivity index (χ3v) is 5.78. The van der Waals surface area contributed by atoms with E-state index in [0.717, 1.165) is 38.4 Å². The summed E-state index contributed by atoms with van der Waals surface area (Å²) in [6, 6.07) is 12.0. The zero-order valence-corrected chi connectivity index (χ0v) is 16.3. The van der Waals surface area contributed by atoms with Gasteiger partial charge in [0.05, 0.1) is 27.4 Å². The zero-order chi connectivity index (χ0) is 19.3. The van der Waals surface area contributed by atoms with E-state index < -0.39 is 10.0 Å². The molecule has 0 amide bonds. The molecule has 0 spiro atoms. The Morgan fingerprint density at radius 3 is 2.37 bits per heavy atom. The van der Waals surface area contributed by atoms with Crippen molar-refractivity contribution < 1.29 is 22.6 Å². The highest BCUT2D eigenvalue weighted by Gasteiger charge is 2.21. The van der Waals surface area contributed by atoms with E-state index in [9.17, 15) is 8.42 Å². The fourth-order valence-corrected chi connectivity index (χ4v) is 4.14. The second-order valence-corrected chi connectivity index (χ2v) is 7.86. The standard InChI is InChI=1S/C19H24N2O5S/c1-24-17-7-8-18(25-2)19(13-17)27(22,23)20-16-5-3-15(4-6-16)14-21-9-11-26-12-10-21/h3-8,13,20H,9-12,14H2,1-2H3. The summed E-state index contributed by atoms with van der Waals surface area (Å²) >= 11 is 0. The molecule has 2 aromatic carbocycles. The van der Waals surface area contributed by atoms with E-state index in [-0.39, 0.29) is 10.6 Å². The Morgan fingerprint density at radius 2 is 1.74 bits per heavy atom. The largest absolute Gasteiger partial charge is 0.497 e. The van der Waals surface area contributed by atoms with Gasteiger partial charge in [0.25, 0.3) is 10.0 Å². The molecule has 1 heterocycles. The lowest BCUT2D eigenvalue weighted by Crippen LogP contribution is -2.35. The summed E-state index contributed by atoms with van der Waals surface area (Å²) in [5.74, 6) is 0.698. The lowest BCUT2D eigenvalue weighted by molar-refractivity contribution is 0.0342. The van der Waals surface area contributed by atoms with Crippen molar-refractivity contribution in [3.8, 4) is 11.5 Å². The van der Waals surface area contributed by atoms with Crippen molar-refractivity contribution >= 4 is 15.7 Å². The van der Waals surface area contributed by atoms with E-state index in [0.29, 0.717) is 11.4 Å². The van der Waals surface area contributed by atoms with E-state index in [1.807, 2.05) is 12.1 Å². The summed E-state index contributed by atoms with van der Waals surface area (Å²) in [6.45, 7) is 4.13. The van der Waals surface area contributed by atoms with Gasteiger partial charge in [-0.25, -0.2) is 8.42 Å². The molecule has 1 N–H and O–H groups in total. The van der Waals surface area contributed by atoms with Crippen molar-refractivity contribution in [2.24, 2.45) is 0 Å². The predicted octanol–water partition coefficient (Wildman–Crippen LogP) is 2.34. The van der Waals surface area contributed by atoms with Crippen LogP contribution in [0.1, 0.15) is 5.56 Å². The highest BCUT2D eigenvalue weighted by molar-refractivity contribution is 7.92. The van der Waals surface area contributed by atoms with Gasteiger partial charge in [0, 0.05) is 31.4 Å². The minimum atomic E-state index is -3.81. The molecular formula is C19H24N2O5S. The summed E-state index contributed by atoms with van der Waals surface area (Å²) in [4.78, 5) is 2.34. The lowest BCUT2D eigenvalue weighted by atomic mass is 10.2. The molecule has 3 rings (SSSR count). The summed E-state index contributed by atoms with van der Waals surface area (Å²) < 4.78 is 43.8. The molecule has 0 atom stereocenters. The minimum Gasteiger partial charge on any atom is -0.497 e. The molecule has 1 aliphatic heterocycles. The smallest absolute Gasteiger partial charge is 0.265 e. The van der Waals surface area contributed by atoms with Gasteiger partial charge in [0.15, 0.2) is 0 Å². The Hall–Kier alpha value is -2.29. The Morgan fingerprint density at radius 1 is 1.04 bits per heavy atom. The Kier molecular flexibility index (Phi) is 6.20. The van der Waals surface area contributed by atoms with Crippen LogP contribution in [0.15, 0.2) is 47.4 Å². The van der Waals surface area contributed by atoms with Crippen LogP contribution in [0.5, 0.6) is 11.5 Å². The first kappa shape index (κ1) is 19.5. The Labute approximate surface area is 159 Å². The van der Waals surface area contributed by atoms with Gasteiger partial charge in [-0.15, -0.1) is 0 Å². The van der Waals surface area contributed by atoms with Crippen LogP contribution in [0.4, 0.5) is 5.69 Å². The van der Waals surface area contributed by atoms with E-state index in [2.05, 4.69) is 9.62 Å². The van der Waals surface area contributed by atoms with Gasteiger partial charge in [-0.1, -0.05) is 12.1 Å². The van der Waals surface area contributed by atoms with Crippen LogP contribution in [0.2, 0.25) is 0 Å². The summed E-state index contributed by atoms with van der Waals surface area (Å²) in [5, 5.41) is 0. The average molecular weight is 392 g/mol. The first-order valence-electron chi connectivity index (χ1n) is 8.66. The third kappa shape index (κ3) is 4.91. The topological polar surface area (TPSA) is 77.1 Å². The van der Waals surface area contributed by atoms with E-state index in [1.54, 1.807) is 24.3 Å². The SMILES string of the molecule is COc1ccc(OC)c(S(=O)(=O)Nc2ccc(CN3CCOCC3)cc2)c1. The molecule has 0 saturated carbocycles. The van der Waals surface area contributed by atoms with Crippen molar-refractivity contribution in [3.05, 3.63) is 48.0 Å². The molecule has 146 valence electrons. The maximum absolute atomic E-state index is 12.8. The van der Waals surface area contributed by atoms with Crippen LogP contribution in [0.25, 0.3) is 0 Å². The summed E-state index contributed by atoms with van der Waals surface area (Å²) in [6.07, 6.45) is 0. The molecule has 1 saturated heterocycles. The summed E-state index contributed by atoms with van der Waals surface area (Å²) in [5.41, 5.74) is 1.62. The molecule has 0 radical (unpaired) electrons. The van der Waals surface area contributed by atoms with Crippen LogP contribution in [0.3, 0.4) is 0 Å². The minimum absolute atomic E-state index is 0.0294. The van der Waals surface area contributed by atoms with Crippen LogP contribution < -0.4 is 14.2 Å². The van der Waals surface area contributed by atoms with Gasteiger partial charge in [-0.05, 0) is 29.8 Å². The average Bonchev–Trinajstić information content (AvgIpc) is 2.69. The molecule has 7 nitrogen and oxygen atoms in total. The molecule has 1 aliphatic rings. The van der Waals surface area contributed by atoms with Crippen LogP contribution >= 0.6 is 0 Å². The molecule has 2 aromatic rings. The second kappa shape index (κ2) is 8.60. The number of anilines is 1. The van der Waals surface area contributed by atoms with Crippen molar-refractivity contribution in [1.29, 1.82) is 0 Å². The third-order valence-electron chi connectivity index (χ3n) is 4.38. The number of sulfonamides is 1. The lowest BCUT2D eigenvalue weighted by Gasteiger charge is -2.26. The maximum atomic E-state index is 12.8. The van der Waals surface area contributed by atoms with Crippen molar-refractivity contribution in [2.45, 2.75) is 11.4 Å². The second-order valence-electron chi connectivity index (χ2n) is 6.21.